The lowest BCUT2D eigenvalue weighted by molar-refractivity contribution is -0.00245. The van der Waals surface area contributed by atoms with Gasteiger partial charge in [0.2, 0.25) is 0 Å². The minimum atomic E-state index is -0.363. The molecule has 0 unspecified atom stereocenters. The number of aliphatic hydroxyl groups excluding tert-OH is 1. The number of fused-ring (bicyclic) bond motifs is 1. The second-order valence-corrected chi connectivity index (χ2v) is 5.30. The summed E-state index contributed by atoms with van der Waals surface area (Å²) < 4.78 is 11.1. The molecule has 0 amide bonds. The maximum absolute atomic E-state index is 9.94. The van der Waals surface area contributed by atoms with E-state index in [0.717, 1.165) is 31.9 Å². The van der Waals surface area contributed by atoms with Gasteiger partial charge in [0.25, 0.3) is 0 Å². The summed E-state index contributed by atoms with van der Waals surface area (Å²) in [6.45, 7) is 5.80. The van der Waals surface area contributed by atoms with Crippen molar-refractivity contribution in [1.82, 2.24) is 4.90 Å². The number of hydrogen-bond donors (Lipinski definition) is 1. The molecule has 1 aromatic rings. The molecule has 4 heteroatoms. The van der Waals surface area contributed by atoms with Crippen molar-refractivity contribution in [3.63, 3.8) is 0 Å². The van der Waals surface area contributed by atoms with Crippen LogP contribution >= 0.6 is 0 Å². The van der Waals surface area contributed by atoms with E-state index in [4.69, 9.17) is 9.47 Å². The van der Waals surface area contributed by atoms with E-state index in [-0.39, 0.29) is 12.2 Å². The smallest absolute Gasteiger partial charge is 0.122 e. The van der Waals surface area contributed by atoms with Gasteiger partial charge in [0.05, 0.1) is 18.8 Å². The molecule has 1 saturated heterocycles. The molecule has 0 aromatic heterocycles. The molecule has 0 spiro atoms. The Balaban J connectivity index is 1.63. The summed E-state index contributed by atoms with van der Waals surface area (Å²) in [5, 5.41) is 9.94. The molecule has 2 aliphatic heterocycles. The first kappa shape index (κ1) is 12.9. The normalized spacial score (nSPS) is 26.4. The SMILES string of the molecule is CCO[C@H]1CN(Cc2ccc3c(c2)CCO3)C[C@@H]1O. The molecule has 1 N–H and O–H groups in total. The van der Waals surface area contributed by atoms with Gasteiger partial charge in [-0.05, 0) is 24.1 Å². The van der Waals surface area contributed by atoms with Crippen molar-refractivity contribution in [2.75, 3.05) is 26.3 Å². The quantitative estimate of drug-likeness (QED) is 0.886. The number of likely N-dealkylation sites (tertiary alicyclic amines) is 1. The van der Waals surface area contributed by atoms with Gasteiger partial charge in [-0.3, -0.25) is 4.90 Å². The third-order valence-electron chi connectivity index (χ3n) is 3.85. The van der Waals surface area contributed by atoms with Crippen molar-refractivity contribution < 1.29 is 14.6 Å². The topological polar surface area (TPSA) is 41.9 Å². The van der Waals surface area contributed by atoms with Gasteiger partial charge in [-0.15, -0.1) is 0 Å². The Kier molecular flexibility index (Phi) is 3.73. The molecule has 1 aromatic carbocycles. The molecule has 0 radical (unpaired) electrons. The van der Waals surface area contributed by atoms with Crippen LogP contribution in [0.2, 0.25) is 0 Å². The van der Waals surface area contributed by atoms with Gasteiger partial charge in [0, 0.05) is 32.7 Å². The molecule has 0 saturated carbocycles. The fourth-order valence-corrected chi connectivity index (χ4v) is 2.94. The minimum Gasteiger partial charge on any atom is -0.493 e. The van der Waals surface area contributed by atoms with Crippen molar-refractivity contribution in [2.24, 2.45) is 0 Å². The second-order valence-electron chi connectivity index (χ2n) is 5.30. The van der Waals surface area contributed by atoms with Crippen LogP contribution in [0.3, 0.4) is 0 Å². The Morgan fingerprint density at radius 3 is 3.16 bits per heavy atom. The molecular formula is C15H21NO3. The lowest BCUT2D eigenvalue weighted by Crippen LogP contribution is -2.26. The summed E-state index contributed by atoms with van der Waals surface area (Å²) in [5.74, 6) is 1.03. The predicted molar refractivity (Wildman–Crippen MR) is 72.3 cm³/mol. The van der Waals surface area contributed by atoms with Crippen LogP contribution in [0.1, 0.15) is 18.1 Å². The van der Waals surface area contributed by atoms with E-state index in [1.54, 1.807) is 0 Å². The number of hydrogen-bond acceptors (Lipinski definition) is 4. The van der Waals surface area contributed by atoms with Crippen molar-refractivity contribution >= 4 is 0 Å². The molecule has 3 rings (SSSR count). The standard InChI is InChI=1S/C15H21NO3/c1-2-18-15-10-16(9-13(15)17)8-11-3-4-14-12(7-11)5-6-19-14/h3-4,7,13,15,17H,2,5-6,8-10H2,1H3/t13-,15-/m0/s1. The fraction of sp³-hybridized carbons (Fsp3) is 0.600. The van der Waals surface area contributed by atoms with Gasteiger partial charge < -0.3 is 14.6 Å². The first-order chi connectivity index (χ1) is 9.26. The highest BCUT2D eigenvalue weighted by Gasteiger charge is 2.31. The summed E-state index contributed by atoms with van der Waals surface area (Å²) in [5.41, 5.74) is 2.59. The molecule has 19 heavy (non-hydrogen) atoms. The Hall–Kier alpha value is -1.10. The van der Waals surface area contributed by atoms with Crippen molar-refractivity contribution in [2.45, 2.75) is 32.1 Å². The first-order valence-corrected chi connectivity index (χ1v) is 7.03. The Labute approximate surface area is 113 Å². The number of aliphatic hydroxyl groups is 1. The van der Waals surface area contributed by atoms with Gasteiger partial charge >= 0.3 is 0 Å². The maximum atomic E-state index is 9.94. The van der Waals surface area contributed by atoms with Gasteiger partial charge in [-0.2, -0.15) is 0 Å². The largest absolute Gasteiger partial charge is 0.493 e. The van der Waals surface area contributed by atoms with E-state index < -0.39 is 0 Å². The van der Waals surface area contributed by atoms with E-state index in [9.17, 15) is 5.11 Å². The van der Waals surface area contributed by atoms with Crippen molar-refractivity contribution in [3.05, 3.63) is 29.3 Å². The summed E-state index contributed by atoms with van der Waals surface area (Å²) in [7, 11) is 0. The molecule has 4 nitrogen and oxygen atoms in total. The van der Waals surface area contributed by atoms with Crippen LogP contribution in [0.5, 0.6) is 5.75 Å². The van der Waals surface area contributed by atoms with Crippen LogP contribution in [0, 0.1) is 0 Å². The first-order valence-electron chi connectivity index (χ1n) is 7.03. The Bertz CT molecular complexity index is 449. The zero-order chi connectivity index (χ0) is 13.2. The van der Waals surface area contributed by atoms with Crippen LogP contribution in [-0.4, -0.2) is 48.5 Å². The number of ether oxygens (including phenoxy) is 2. The highest BCUT2D eigenvalue weighted by atomic mass is 16.5. The Morgan fingerprint density at radius 2 is 2.32 bits per heavy atom. The summed E-state index contributed by atoms with van der Waals surface area (Å²) in [4.78, 5) is 2.25. The van der Waals surface area contributed by atoms with Crippen LogP contribution in [0.15, 0.2) is 18.2 Å². The van der Waals surface area contributed by atoms with E-state index in [1.807, 2.05) is 6.92 Å². The predicted octanol–water partition coefficient (Wildman–Crippen LogP) is 1.20. The molecule has 2 heterocycles. The van der Waals surface area contributed by atoms with E-state index in [1.165, 1.54) is 11.1 Å². The van der Waals surface area contributed by atoms with E-state index in [0.29, 0.717) is 13.2 Å². The van der Waals surface area contributed by atoms with E-state index >= 15 is 0 Å². The Morgan fingerprint density at radius 1 is 1.42 bits per heavy atom. The third kappa shape index (κ3) is 2.76. The number of benzene rings is 1. The van der Waals surface area contributed by atoms with Crippen molar-refractivity contribution in [1.29, 1.82) is 0 Å². The molecule has 2 atom stereocenters. The van der Waals surface area contributed by atoms with Gasteiger partial charge in [0.15, 0.2) is 0 Å². The molecule has 0 bridgehead atoms. The van der Waals surface area contributed by atoms with Gasteiger partial charge in [-0.1, -0.05) is 12.1 Å². The minimum absolute atomic E-state index is 0.0391. The molecule has 104 valence electrons. The average Bonchev–Trinajstić information content (AvgIpc) is 2.97. The molecular weight excluding hydrogens is 242 g/mol. The average molecular weight is 263 g/mol. The van der Waals surface area contributed by atoms with Gasteiger partial charge in [-0.25, -0.2) is 0 Å². The summed E-state index contributed by atoms with van der Waals surface area (Å²) in [6.07, 6.45) is 0.605. The number of β-amino-alcohol motifs (C(OH)–C–C–N with tert-alkyl or cyclic N) is 1. The van der Waals surface area contributed by atoms with Crippen LogP contribution in [0.25, 0.3) is 0 Å². The van der Waals surface area contributed by atoms with Gasteiger partial charge in [0.1, 0.15) is 5.75 Å². The molecule has 1 fully saturated rings. The number of nitrogens with zero attached hydrogens (tertiary/aromatic N) is 1. The van der Waals surface area contributed by atoms with Crippen molar-refractivity contribution in [3.8, 4) is 5.75 Å². The monoisotopic (exact) mass is 263 g/mol. The van der Waals surface area contributed by atoms with Crippen LogP contribution in [0.4, 0.5) is 0 Å². The molecule has 2 aliphatic rings. The molecule has 0 aliphatic carbocycles. The summed E-state index contributed by atoms with van der Waals surface area (Å²) in [6, 6.07) is 6.40. The fourth-order valence-electron chi connectivity index (χ4n) is 2.94. The maximum Gasteiger partial charge on any atom is 0.122 e. The zero-order valence-electron chi connectivity index (χ0n) is 11.3. The third-order valence-corrected chi connectivity index (χ3v) is 3.85. The van der Waals surface area contributed by atoms with Crippen LogP contribution in [-0.2, 0) is 17.7 Å². The number of rotatable bonds is 4. The second kappa shape index (κ2) is 5.49. The lowest BCUT2D eigenvalue weighted by Gasteiger charge is -2.16. The highest BCUT2D eigenvalue weighted by Crippen LogP contribution is 2.27. The zero-order valence-corrected chi connectivity index (χ0v) is 11.3. The van der Waals surface area contributed by atoms with Crippen LogP contribution < -0.4 is 4.74 Å². The summed E-state index contributed by atoms with van der Waals surface area (Å²) >= 11 is 0. The van der Waals surface area contributed by atoms with E-state index in [2.05, 4.69) is 23.1 Å². The highest BCUT2D eigenvalue weighted by molar-refractivity contribution is 5.39. The lowest BCUT2D eigenvalue weighted by atomic mass is 10.1.